The number of ether oxygens (including phenoxy) is 1. The van der Waals surface area contributed by atoms with Gasteiger partial charge < -0.3 is 10.1 Å². The summed E-state index contributed by atoms with van der Waals surface area (Å²) in [5, 5.41) is 3.29. The normalized spacial score (nSPS) is 10.2. The van der Waals surface area contributed by atoms with Gasteiger partial charge in [-0.2, -0.15) is 0 Å². The fourth-order valence-corrected chi connectivity index (χ4v) is 0.875. The summed E-state index contributed by atoms with van der Waals surface area (Å²) in [4.78, 5) is 0. The fourth-order valence-electron chi connectivity index (χ4n) is 0.671. The first-order valence-corrected chi connectivity index (χ1v) is 4.72. The van der Waals surface area contributed by atoms with Crippen LogP contribution in [-0.4, -0.2) is 32.5 Å². The molecule has 0 bridgehead atoms. The summed E-state index contributed by atoms with van der Waals surface area (Å²) in [5.74, 6) is 0. The Morgan fingerprint density at radius 2 is 2.20 bits per heavy atom. The average molecular weight is 163 g/mol. The summed E-state index contributed by atoms with van der Waals surface area (Å²) < 4.78 is 5.17. The van der Waals surface area contributed by atoms with Crippen LogP contribution < -0.4 is 5.32 Å². The summed E-state index contributed by atoms with van der Waals surface area (Å²) in [6, 6.07) is 0. The third-order valence-electron chi connectivity index (χ3n) is 1.17. The molecule has 0 aliphatic heterocycles. The highest BCUT2D eigenvalue weighted by Gasteiger charge is 1.85. The van der Waals surface area contributed by atoms with E-state index in [1.54, 1.807) is 0 Å². The molecule has 1 unspecified atom stereocenters. The zero-order chi connectivity index (χ0) is 7.66. The van der Waals surface area contributed by atoms with Crippen molar-refractivity contribution < 1.29 is 4.74 Å². The molecule has 1 N–H and O–H groups in total. The van der Waals surface area contributed by atoms with Crippen molar-refractivity contribution in [3.05, 3.63) is 0 Å². The Labute approximate surface area is 65.9 Å². The number of nitrogens with one attached hydrogen (secondary N) is 1. The molecule has 0 saturated carbocycles. The second-order valence-electron chi connectivity index (χ2n) is 2.09. The van der Waals surface area contributed by atoms with Crippen LogP contribution in [0.4, 0.5) is 0 Å². The molecule has 0 aromatic heterocycles. The van der Waals surface area contributed by atoms with Crippen molar-refractivity contribution in [3.8, 4) is 0 Å². The van der Waals surface area contributed by atoms with E-state index < -0.39 is 0 Å². The molecule has 0 aromatic rings. The van der Waals surface area contributed by atoms with Crippen LogP contribution in [0.25, 0.3) is 0 Å². The average Bonchev–Trinajstić information content (AvgIpc) is 1.97. The molecule has 0 aromatic carbocycles. The summed E-state index contributed by atoms with van der Waals surface area (Å²) in [6.45, 7) is 5.92. The van der Waals surface area contributed by atoms with Gasteiger partial charge in [-0.25, -0.2) is 0 Å². The van der Waals surface area contributed by atoms with Gasteiger partial charge in [0.1, 0.15) is 0 Å². The van der Waals surface area contributed by atoms with Gasteiger partial charge in [0, 0.05) is 13.2 Å². The minimum atomic E-state index is 0.837. The molecule has 0 saturated heterocycles. The molecule has 0 radical (unpaired) electrons. The number of hydrogen-bond acceptors (Lipinski definition) is 2. The quantitative estimate of drug-likeness (QED) is 0.444. The second-order valence-corrected chi connectivity index (χ2v) is 2.67. The van der Waals surface area contributed by atoms with Crippen molar-refractivity contribution in [2.45, 2.75) is 13.3 Å². The van der Waals surface area contributed by atoms with Crippen LogP contribution in [-0.2, 0) is 4.74 Å². The minimum Gasteiger partial charge on any atom is -0.382 e. The van der Waals surface area contributed by atoms with E-state index in [0.29, 0.717) is 0 Å². The highest BCUT2D eigenvalue weighted by Crippen LogP contribution is 1.80. The van der Waals surface area contributed by atoms with Gasteiger partial charge in [-0.05, 0) is 32.6 Å². The number of hydrogen-bond donors (Lipinski definition) is 1. The molecule has 0 fully saturated rings. The lowest BCUT2D eigenvalue weighted by Crippen LogP contribution is -2.18. The smallest absolute Gasteiger partial charge is 0.0477 e. The maximum atomic E-state index is 5.17. The van der Waals surface area contributed by atoms with Crippen LogP contribution in [0.1, 0.15) is 13.3 Å². The molecule has 0 amide bonds. The van der Waals surface area contributed by atoms with Gasteiger partial charge in [0.2, 0.25) is 0 Å². The molecule has 10 heavy (non-hydrogen) atoms. The molecule has 62 valence electrons. The van der Waals surface area contributed by atoms with Crippen LogP contribution in [0.5, 0.6) is 0 Å². The zero-order valence-corrected chi connectivity index (χ0v) is 7.88. The molecule has 2 nitrogen and oxygen atoms in total. The predicted molar refractivity (Wildman–Crippen MR) is 48.6 cm³/mol. The van der Waals surface area contributed by atoms with Crippen LogP contribution in [0.15, 0.2) is 0 Å². The third kappa shape index (κ3) is 8.35. The highest BCUT2D eigenvalue weighted by molar-refractivity contribution is 7.16. The molecule has 0 rings (SSSR count). The van der Waals surface area contributed by atoms with Gasteiger partial charge in [0.15, 0.2) is 0 Å². The van der Waals surface area contributed by atoms with Gasteiger partial charge in [-0.3, -0.25) is 0 Å². The minimum absolute atomic E-state index is 0.837. The van der Waals surface area contributed by atoms with E-state index in [0.717, 1.165) is 38.9 Å². The van der Waals surface area contributed by atoms with E-state index in [9.17, 15) is 0 Å². The lowest BCUT2D eigenvalue weighted by atomic mass is 10.4. The monoisotopic (exact) mass is 163 g/mol. The van der Waals surface area contributed by atoms with Gasteiger partial charge in [-0.1, -0.05) is 0 Å². The van der Waals surface area contributed by atoms with E-state index in [-0.39, 0.29) is 0 Å². The first kappa shape index (κ1) is 10.3. The van der Waals surface area contributed by atoms with Crippen LogP contribution >= 0.6 is 9.24 Å². The Morgan fingerprint density at radius 1 is 1.40 bits per heavy atom. The molecular formula is C7H18NOP. The maximum Gasteiger partial charge on any atom is 0.0477 e. The van der Waals surface area contributed by atoms with E-state index >= 15 is 0 Å². The molecular weight excluding hydrogens is 145 g/mol. The molecule has 0 aliphatic carbocycles. The van der Waals surface area contributed by atoms with Crippen LogP contribution in [0.2, 0.25) is 0 Å². The van der Waals surface area contributed by atoms with Crippen molar-refractivity contribution in [1.29, 1.82) is 0 Å². The standard InChI is InChI=1S/C7H18NOP/c1-2-9-6-3-4-8-5-7-10/h8H,2-7,10H2,1H3. The summed E-state index contributed by atoms with van der Waals surface area (Å²) in [7, 11) is 2.69. The Hall–Kier alpha value is 0.350. The van der Waals surface area contributed by atoms with E-state index in [1.165, 1.54) is 0 Å². The van der Waals surface area contributed by atoms with Crippen molar-refractivity contribution in [1.82, 2.24) is 5.32 Å². The molecule has 3 heteroatoms. The molecule has 0 spiro atoms. The van der Waals surface area contributed by atoms with Gasteiger partial charge in [-0.15, -0.1) is 9.24 Å². The van der Waals surface area contributed by atoms with Gasteiger partial charge >= 0.3 is 0 Å². The fraction of sp³-hybridized carbons (Fsp3) is 1.00. The molecule has 1 atom stereocenters. The van der Waals surface area contributed by atoms with Crippen LogP contribution in [0, 0.1) is 0 Å². The molecule has 0 heterocycles. The molecule has 0 aliphatic rings. The Morgan fingerprint density at radius 3 is 2.80 bits per heavy atom. The first-order valence-electron chi connectivity index (χ1n) is 3.90. The van der Waals surface area contributed by atoms with Crippen molar-refractivity contribution in [2.24, 2.45) is 0 Å². The van der Waals surface area contributed by atoms with Crippen molar-refractivity contribution in [3.63, 3.8) is 0 Å². The topological polar surface area (TPSA) is 21.3 Å². The third-order valence-corrected chi connectivity index (χ3v) is 1.46. The summed E-state index contributed by atoms with van der Waals surface area (Å²) in [6.07, 6.45) is 2.26. The lowest BCUT2D eigenvalue weighted by molar-refractivity contribution is 0.145. The lowest BCUT2D eigenvalue weighted by Gasteiger charge is -2.01. The Bertz CT molecular complexity index is 53.6. The SMILES string of the molecule is CCOCCCNCCP. The van der Waals surface area contributed by atoms with Crippen molar-refractivity contribution in [2.75, 3.05) is 32.5 Å². The Balaban J connectivity index is 2.65. The van der Waals surface area contributed by atoms with E-state index in [4.69, 9.17) is 4.74 Å². The van der Waals surface area contributed by atoms with E-state index in [1.807, 2.05) is 6.92 Å². The van der Waals surface area contributed by atoms with Gasteiger partial charge in [0.05, 0.1) is 0 Å². The first-order chi connectivity index (χ1) is 4.91. The van der Waals surface area contributed by atoms with Crippen LogP contribution in [0.3, 0.4) is 0 Å². The highest BCUT2D eigenvalue weighted by atomic mass is 31.0. The summed E-state index contributed by atoms with van der Waals surface area (Å²) >= 11 is 0. The maximum absolute atomic E-state index is 5.17. The Kier molecular flexibility index (Phi) is 9.68. The predicted octanol–water partition coefficient (Wildman–Crippen LogP) is 0.878. The zero-order valence-electron chi connectivity index (χ0n) is 6.73. The largest absolute Gasteiger partial charge is 0.382 e. The van der Waals surface area contributed by atoms with Gasteiger partial charge in [0.25, 0.3) is 0 Å². The second kappa shape index (κ2) is 9.35. The van der Waals surface area contributed by atoms with Crippen molar-refractivity contribution >= 4 is 9.24 Å². The van der Waals surface area contributed by atoms with E-state index in [2.05, 4.69) is 14.6 Å². The number of rotatable bonds is 7. The summed E-state index contributed by atoms with van der Waals surface area (Å²) in [5.41, 5.74) is 0.